The van der Waals surface area contributed by atoms with Crippen molar-refractivity contribution in [1.29, 1.82) is 0 Å². The number of esters is 1. The summed E-state index contributed by atoms with van der Waals surface area (Å²) in [6.07, 6.45) is 1.95. The van der Waals surface area contributed by atoms with Crippen LogP contribution < -0.4 is 10.6 Å². The second-order valence-corrected chi connectivity index (χ2v) is 11.6. The summed E-state index contributed by atoms with van der Waals surface area (Å²) in [5.41, 5.74) is 1.25. The van der Waals surface area contributed by atoms with Gasteiger partial charge >= 0.3 is 5.97 Å². The van der Waals surface area contributed by atoms with Gasteiger partial charge in [0.05, 0.1) is 42.3 Å². The highest BCUT2D eigenvalue weighted by Gasteiger charge is 2.41. The Morgan fingerprint density at radius 1 is 1.09 bits per heavy atom. The number of benzene rings is 2. The first-order valence-electron chi connectivity index (χ1n) is 14.2. The number of aryl methyl sites for hydroxylation is 1. The number of halogens is 3. The van der Waals surface area contributed by atoms with Gasteiger partial charge in [-0.25, -0.2) is 8.78 Å². The Bertz CT molecular complexity index is 1570. The highest BCUT2D eigenvalue weighted by atomic mass is 35.5. The zero-order chi connectivity index (χ0) is 30.8. The van der Waals surface area contributed by atoms with Crippen LogP contribution in [0.5, 0.6) is 0 Å². The average Bonchev–Trinajstić information content (AvgIpc) is 3.55. The van der Waals surface area contributed by atoms with Crippen LogP contribution in [0, 0.1) is 11.7 Å². The number of likely N-dealkylation sites (tertiary alicyclic amines) is 1. The highest BCUT2D eigenvalue weighted by Crippen LogP contribution is 2.30. The number of nitrogens with one attached hydrogen (secondary N) is 2. The van der Waals surface area contributed by atoms with E-state index in [9.17, 15) is 23.6 Å². The monoisotopic (exact) mass is 614 g/mol. The number of para-hydroxylation sites is 1. The largest absolute Gasteiger partial charge is 0.469 e. The number of fused-ring (bicyclic) bond motifs is 1. The normalized spacial score (nSPS) is 21.9. The van der Waals surface area contributed by atoms with Crippen LogP contribution in [0.2, 0.25) is 5.02 Å². The highest BCUT2D eigenvalue weighted by molar-refractivity contribution is 6.34. The lowest BCUT2D eigenvalue weighted by molar-refractivity contribution is -0.146. The van der Waals surface area contributed by atoms with E-state index in [4.69, 9.17) is 16.3 Å². The van der Waals surface area contributed by atoms with Gasteiger partial charge < -0.3 is 24.8 Å². The van der Waals surface area contributed by atoms with Crippen molar-refractivity contribution in [1.82, 2.24) is 14.8 Å². The van der Waals surface area contributed by atoms with Gasteiger partial charge in [0.15, 0.2) is 0 Å². The number of anilines is 1. The molecule has 0 radical (unpaired) electrons. The van der Waals surface area contributed by atoms with Gasteiger partial charge in [0, 0.05) is 36.6 Å². The maximum atomic E-state index is 15.2. The summed E-state index contributed by atoms with van der Waals surface area (Å²) in [5.74, 6) is -2.81. The minimum Gasteiger partial charge on any atom is -0.469 e. The second kappa shape index (κ2) is 12.7. The molecule has 0 unspecified atom stereocenters. The molecule has 5 rings (SSSR count). The summed E-state index contributed by atoms with van der Waals surface area (Å²) in [5, 5.41) is 6.29. The van der Waals surface area contributed by atoms with Crippen molar-refractivity contribution in [3.63, 3.8) is 0 Å². The molecule has 228 valence electrons. The SMILES string of the molecule is COC(=O)C1CCC(NC(=O)[C@@H]2C[C@H](F)CN2C(=O)Cc2cc(Cl)c(NC(=O)c3cn(C)c4ccccc34)cc2F)CC1. The van der Waals surface area contributed by atoms with E-state index in [0.29, 0.717) is 31.2 Å². The minimum absolute atomic E-state index is 0.0272. The Hall–Kier alpha value is -3.99. The van der Waals surface area contributed by atoms with Crippen molar-refractivity contribution in [3.8, 4) is 0 Å². The molecule has 2 N–H and O–H groups in total. The maximum Gasteiger partial charge on any atom is 0.308 e. The number of carbonyl (C=O) groups excluding carboxylic acids is 4. The molecule has 9 nitrogen and oxygen atoms in total. The zero-order valence-corrected chi connectivity index (χ0v) is 24.6. The van der Waals surface area contributed by atoms with Crippen LogP contribution in [0.25, 0.3) is 10.9 Å². The summed E-state index contributed by atoms with van der Waals surface area (Å²) in [6, 6.07) is 8.44. The molecule has 43 heavy (non-hydrogen) atoms. The molecule has 2 heterocycles. The van der Waals surface area contributed by atoms with Crippen molar-refractivity contribution < 1.29 is 32.7 Å². The van der Waals surface area contributed by atoms with Crippen molar-refractivity contribution in [2.24, 2.45) is 13.0 Å². The van der Waals surface area contributed by atoms with Gasteiger partial charge in [0.25, 0.3) is 5.91 Å². The quantitative estimate of drug-likeness (QED) is 0.380. The Kier molecular flexibility index (Phi) is 9.00. The van der Waals surface area contributed by atoms with E-state index in [1.165, 1.54) is 13.2 Å². The van der Waals surface area contributed by atoms with E-state index >= 15 is 4.39 Å². The minimum atomic E-state index is -1.39. The fraction of sp³-hybridized carbons (Fsp3) is 0.419. The standard InChI is InChI=1S/C31H33ClF2N4O5/c1-37-16-22(21-5-3-4-6-26(21)37)29(40)36-25-14-24(34)18(11-23(25)32)12-28(39)38-15-19(33)13-27(38)30(41)35-20-9-7-17(8-10-20)31(42)43-2/h3-6,11,14,16-17,19-20,27H,7-10,12-13,15H2,1-2H3,(H,35,41)(H,36,40)/t17?,19-,20?,27-/m0/s1. The molecule has 2 fully saturated rings. The lowest BCUT2D eigenvalue weighted by atomic mass is 9.86. The first-order chi connectivity index (χ1) is 20.5. The number of methoxy groups -OCH3 is 1. The number of hydrogen-bond donors (Lipinski definition) is 2. The van der Waals surface area contributed by atoms with Gasteiger partial charge in [0.2, 0.25) is 11.8 Å². The molecule has 3 amide bonds. The topological polar surface area (TPSA) is 110 Å². The van der Waals surface area contributed by atoms with Crippen LogP contribution in [0.3, 0.4) is 0 Å². The van der Waals surface area contributed by atoms with E-state index in [1.807, 2.05) is 35.9 Å². The van der Waals surface area contributed by atoms with Crippen LogP contribution in [-0.4, -0.2) is 65.1 Å². The number of carbonyl (C=O) groups is 4. The van der Waals surface area contributed by atoms with E-state index in [-0.39, 0.29) is 47.2 Å². The Morgan fingerprint density at radius 2 is 1.81 bits per heavy atom. The summed E-state index contributed by atoms with van der Waals surface area (Å²) < 4.78 is 36.2. The van der Waals surface area contributed by atoms with Crippen LogP contribution in [0.15, 0.2) is 42.6 Å². The number of nitrogens with zero attached hydrogens (tertiary/aromatic N) is 2. The number of amides is 3. The fourth-order valence-corrected chi connectivity index (χ4v) is 6.28. The fourth-order valence-electron chi connectivity index (χ4n) is 6.04. The van der Waals surface area contributed by atoms with Crippen molar-refractivity contribution in [2.75, 3.05) is 19.0 Å². The van der Waals surface area contributed by atoms with Gasteiger partial charge in [-0.3, -0.25) is 19.2 Å². The molecule has 1 saturated carbocycles. The Morgan fingerprint density at radius 3 is 2.53 bits per heavy atom. The predicted octanol–water partition coefficient (Wildman–Crippen LogP) is 4.55. The maximum absolute atomic E-state index is 15.2. The second-order valence-electron chi connectivity index (χ2n) is 11.2. The van der Waals surface area contributed by atoms with Crippen LogP contribution >= 0.6 is 11.6 Å². The first-order valence-corrected chi connectivity index (χ1v) is 14.6. The predicted molar refractivity (Wildman–Crippen MR) is 157 cm³/mol. The molecule has 1 aromatic heterocycles. The Balaban J connectivity index is 1.23. The molecule has 0 bridgehead atoms. The lowest BCUT2D eigenvalue weighted by Gasteiger charge is -2.30. The van der Waals surface area contributed by atoms with Gasteiger partial charge in [-0.2, -0.15) is 0 Å². The average molecular weight is 615 g/mol. The van der Waals surface area contributed by atoms with E-state index in [2.05, 4.69) is 10.6 Å². The van der Waals surface area contributed by atoms with E-state index in [0.717, 1.165) is 21.9 Å². The van der Waals surface area contributed by atoms with Gasteiger partial charge in [0.1, 0.15) is 18.0 Å². The van der Waals surface area contributed by atoms with Crippen molar-refractivity contribution in [3.05, 3.63) is 64.6 Å². The third kappa shape index (κ3) is 6.51. The molecule has 2 aliphatic rings. The summed E-state index contributed by atoms with van der Waals surface area (Å²) >= 11 is 6.38. The molecule has 1 aliphatic carbocycles. The van der Waals surface area contributed by atoms with Gasteiger partial charge in [-0.1, -0.05) is 29.8 Å². The molecular formula is C31H33ClF2N4O5. The summed E-state index contributed by atoms with van der Waals surface area (Å²) in [4.78, 5) is 52.2. The number of rotatable bonds is 7. The third-order valence-corrected chi connectivity index (χ3v) is 8.66. The first kappa shape index (κ1) is 30.5. The molecule has 0 spiro atoms. The number of aromatic nitrogens is 1. The van der Waals surface area contributed by atoms with Crippen molar-refractivity contribution in [2.45, 2.75) is 56.8 Å². The molecule has 12 heteroatoms. The van der Waals surface area contributed by atoms with Crippen LogP contribution in [-0.2, 0) is 32.6 Å². The molecular weight excluding hydrogens is 582 g/mol. The number of ether oxygens (including phenoxy) is 1. The third-order valence-electron chi connectivity index (χ3n) is 8.35. The molecule has 1 aliphatic heterocycles. The van der Waals surface area contributed by atoms with Gasteiger partial charge in [-0.05, 0) is 49.4 Å². The zero-order valence-electron chi connectivity index (χ0n) is 23.9. The van der Waals surface area contributed by atoms with E-state index < -0.39 is 42.2 Å². The number of hydrogen-bond acceptors (Lipinski definition) is 5. The molecule has 2 atom stereocenters. The molecule has 3 aromatic rings. The van der Waals surface area contributed by atoms with Crippen molar-refractivity contribution >= 4 is 51.9 Å². The van der Waals surface area contributed by atoms with Gasteiger partial charge in [-0.15, -0.1) is 0 Å². The van der Waals surface area contributed by atoms with Crippen LogP contribution in [0.1, 0.15) is 48.0 Å². The summed E-state index contributed by atoms with van der Waals surface area (Å²) in [7, 11) is 3.16. The smallest absolute Gasteiger partial charge is 0.308 e. The number of alkyl halides is 1. The lowest BCUT2D eigenvalue weighted by Crippen LogP contribution is -2.50. The molecule has 1 saturated heterocycles. The van der Waals surface area contributed by atoms with E-state index in [1.54, 1.807) is 6.20 Å². The Labute approximate surface area is 252 Å². The molecule has 2 aromatic carbocycles. The summed E-state index contributed by atoms with van der Waals surface area (Å²) in [6.45, 7) is -0.277. The van der Waals surface area contributed by atoms with Crippen LogP contribution in [0.4, 0.5) is 14.5 Å².